The van der Waals surface area contributed by atoms with E-state index >= 15 is 0 Å². The lowest BCUT2D eigenvalue weighted by atomic mass is 10.3. The second kappa shape index (κ2) is 7.17. The van der Waals surface area contributed by atoms with E-state index in [0.717, 1.165) is 32.8 Å². The first-order chi connectivity index (χ1) is 6.88. The van der Waals surface area contributed by atoms with Crippen molar-refractivity contribution in [1.82, 2.24) is 10.2 Å². The van der Waals surface area contributed by atoms with E-state index in [9.17, 15) is 0 Å². The van der Waals surface area contributed by atoms with Crippen molar-refractivity contribution in [2.24, 2.45) is 0 Å². The summed E-state index contributed by atoms with van der Waals surface area (Å²) < 4.78 is 10.2. The van der Waals surface area contributed by atoms with Gasteiger partial charge in [-0.3, -0.25) is 4.90 Å². The summed E-state index contributed by atoms with van der Waals surface area (Å²) in [6.45, 7) is 4.47. The fourth-order valence-electron chi connectivity index (χ4n) is 1.73. The minimum absolute atomic E-state index is 0.403. The van der Waals surface area contributed by atoms with Crippen LogP contribution in [0.4, 0.5) is 0 Å². The number of hydrogen-bond acceptors (Lipinski definition) is 3. The molecule has 1 radical (unpaired) electrons. The smallest absolute Gasteiger partial charge is 0.0762 e. The van der Waals surface area contributed by atoms with Gasteiger partial charge in [-0.15, -0.1) is 0 Å². The third-order valence-corrected chi connectivity index (χ3v) is 2.55. The van der Waals surface area contributed by atoms with E-state index in [1.165, 1.54) is 12.8 Å². The molecule has 1 aliphatic rings. The fraction of sp³-hybridized carbons (Fsp3) is 1.00. The van der Waals surface area contributed by atoms with Crippen molar-refractivity contribution >= 4 is 0 Å². The van der Waals surface area contributed by atoms with Crippen molar-refractivity contribution in [3.05, 3.63) is 0 Å². The molecule has 1 unspecified atom stereocenters. The molecule has 14 heavy (non-hydrogen) atoms. The molecule has 0 spiro atoms. The van der Waals surface area contributed by atoms with Crippen LogP contribution in [0.2, 0.25) is 0 Å². The Morgan fingerprint density at radius 3 is 2.29 bits per heavy atom. The van der Waals surface area contributed by atoms with Gasteiger partial charge in [0.15, 0.2) is 0 Å². The SMILES string of the molecule is COCCN(CCOC)C1CCC[N]1. The Balaban J connectivity index is 2.26. The van der Waals surface area contributed by atoms with Crippen LogP contribution in [0.25, 0.3) is 0 Å². The van der Waals surface area contributed by atoms with Crippen molar-refractivity contribution in [3.63, 3.8) is 0 Å². The lowest BCUT2D eigenvalue weighted by molar-refractivity contribution is 0.0812. The lowest BCUT2D eigenvalue weighted by Crippen LogP contribution is -2.42. The summed E-state index contributed by atoms with van der Waals surface area (Å²) >= 11 is 0. The molecule has 1 atom stereocenters. The number of methoxy groups -OCH3 is 2. The molecule has 1 fully saturated rings. The van der Waals surface area contributed by atoms with Gasteiger partial charge in [-0.2, -0.15) is 0 Å². The number of hydrogen-bond donors (Lipinski definition) is 0. The average molecular weight is 201 g/mol. The second-order valence-electron chi connectivity index (χ2n) is 3.55. The van der Waals surface area contributed by atoms with E-state index in [2.05, 4.69) is 10.2 Å². The van der Waals surface area contributed by atoms with Gasteiger partial charge >= 0.3 is 0 Å². The Bertz CT molecular complexity index is 130. The molecule has 0 aromatic heterocycles. The van der Waals surface area contributed by atoms with E-state index in [0.29, 0.717) is 6.17 Å². The molecule has 0 aromatic carbocycles. The maximum absolute atomic E-state index is 5.09. The molecule has 0 bridgehead atoms. The fourth-order valence-corrected chi connectivity index (χ4v) is 1.73. The van der Waals surface area contributed by atoms with Gasteiger partial charge in [-0.25, -0.2) is 5.32 Å². The molecule has 4 heteroatoms. The van der Waals surface area contributed by atoms with Crippen LogP contribution >= 0.6 is 0 Å². The van der Waals surface area contributed by atoms with Gasteiger partial charge in [0, 0.05) is 33.9 Å². The Hall–Kier alpha value is -0.160. The highest BCUT2D eigenvalue weighted by Crippen LogP contribution is 2.11. The lowest BCUT2D eigenvalue weighted by Gasteiger charge is -2.27. The van der Waals surface area contributed by atoms with Crippen molar-refractivity contribution in [3.8, 4) is 0 Å². The highest BCUT2D eigenvalue weighted by molar-refractivity contribution is 4.75. The number of ether oxygens (including phenoxy) is 2. The first-order valence-electron chi connectivity index (χ1n) is 5.27. The molecular formula is C10H21N2O2. The quantitative estimate of drug-likeness (QED) is 0.594. The number of nitrogens with zero attached hydrogens (tertiary/aromatic N) is 2. The zero-order valence-corrected chi connectivity index (χ0v) is 9.24. The van der Waals surface area contributed by atoms with Crippen LogP contribution < -0.4 is 5.32 Å². The third-order valence-electron chi connectivity index (χ3n) is 2.55. The second-order valence-corrected chi connectivity index (χ2v) is 3.55. The van der Waals surface area contributed by atoms with Crippen molar-refractivity contribution in [2.75, 3.05) is 47.1 Å². The Morgan fingerprint density at radius 1 is 1.21 bits per heavy atom. The van der Waals surface area contributed by atoms with Crippen molar-refractivity contribution in [2.45, 2.75) is 19.0 Å². The molecule has 1 rings (SSSR count). The van der Waals surface area contributed by atoms with Gasteiger partial charge in [0.25, 0.3) is 0 Å². The topological polar surface area (TPSA) is 35.8 Å². The van der Waals surface area contributed by atoms with Gasteiger partial charge in [0.1, 0.15) is 0 Å². The third kappa shape index (κ3) is 3.92. The summed E-state index contributed by atoms with van der Waals surface area (Å²) in [6.07, 6.45) is 2.81. The van der Waals surface area contributed by atoms with E-state index in [1.807, 2.05) is 0 Å². The maximum atomic E-state index is 5.09. The summed E-state index contributed by atoms with van der Waals surface area (Å²) in [5.74, 6) is 0. The van der Waals surface area contributed by atoms with Gasteiger partial charge in [-0.05, 0) is 12.8 Å². The van der Waals surface area contributed by atoms with Crippen molar-refractivity contribution in [1.29, 1.82) is 0 Å². The van der Waals surface area contributed by atoms with Crippen LogP contribution in [0.5, 0.6) is 0 Å². The molecule has 4 nitrogen and oxygen atoms in total. The van der Waals surface area contributed by atoms with E-state index in [-0.39, 0.29) is 0 Å². The van der Waals surface area contributed by atoms with E-state index in [1.54, 1.807) is 14.2 Å². The first kappa shape index (κ1) is 11.9. The Kier molecular flexibility index (Phi) is 6.10. The van der Waals surface area contributed by atoms with Gasteiger partial charge in [0.2, 0.25) is 0 Å². The molecular weight excluding hydrogens is 180 g/mol. The summed E-state index contributed by atoms with van der Waals surface area (Å²) in [7, 11) is 3.47. The minimum Gasteiger partial charge on any atom is -0.383 e. The van der Waals surface area contributed by atoms with Crippen LogP contribution in [-0.2, 0) is 9.47 Å². The Labute approximate surface area is 86.6 Å². The first-order valence-corrected chi connectivity index (χ1v) is 5.27. The molecule has 0 aromatic rings. The predicted molar refractivity (Wildman–Crippen MR) is 55.3 cm³/mol. The molecule has 1 heterocycles. The van der Waals surface area contributed by atoms with Gasteiger partial charge < -0.3 is 9.47 Å². The molecule has 83 valence electrons. The zero-order valence-electron chi connectivity index (χ0n) is 9.24. The summed E-state index contributed by atoms with van der Waals surface area (Å²) in [5, 5.41) is 4.56. The van der Waals surface area contributed by atoms with Crippen LogP contribution in [0.3, 0.4) is 0 Å². The van der Waals surface area contributed by atoms with Gasteiger partial charge in [0.05, 0.1) is 19.4 Å². The minimum atomic E-state index is 0.403. The molecule has 0 saturated carbocycles. The average Bonchev–Trinajstić information content (AvgIpc) is 2.71. The monoisotopic (exact) mass is 201 g/mol. The zero-order chi connectivity index (χ0) is 10.2. The normalized spacial score (nSPS) is 22.1. The molecule has 1 saturated heterocycles. The molecule has 0 N–H and O–H groups in total. The molecule has 0 amide bonds. The highest BCUT2D eigenvalue weighted by atomic mass is 16.5. The van der Waals surface area contributed by atoms with Crippen LogP contribution in [0.15, 0.2) is 0 Å². The van der Waals surface area contributed by atoms with E-state index in [4.69, 9.17) is 9.47 Å². The summed E-state index contributed by atoms with van der Waals surface area (Å²) in [4.78, 5) is 2.35. The highest BCUT2D eigenvalue weighted by Gasteiger charge is 2.22. The van der Waals surface area contributed by atoms with Crippen molar-refractivity contribution < 1.29 is 9.47 Å². The van der Waals surface area contributed by atoms with Crippen LogP contribution in [-0.4, -0.2) is 58.1 Å². The predicted octanol–water partition coefficient (Wildman–Crippen LogP) is 0.306. The Morgan fingerprint density at radius 2 is 1.86 bits per heavy atom. The largest absolute Gasteiger partial charge is 0.383 e. The number of rotatable bonds is 7. The molecule has 0 aliphatic carbocycles. The van der Waals surface area contributed by atoms with E-state index < -0.39 is 0 Å². The standard InChI is InChI=1S/C10H21N2O2/c1-13-8-6-12(7-9-14-2)10-4-3-5-11-10/h10H,3-9H2,1-2H3. The van der Waals surface area contributed by atoms with Crippen LogP contribution in [0.1, 0.15) is 12.8 Å². The maximum Gasteiger partial charge on any atom is 0.0762 e. The summed E-state index contributed by atoms with van der Waals surface area (Å²) in [5.41, 5.74) is 0. The van der Waals surface area contributed by atoms with Crippen LogP contribution in [0, 0.1) is 0 Å². The summed E-state index contributed by atoms with van der Waals surface area (Å²) in [6, 6.07) is 0. The molecule has 1 aliphatic heterocycles. The van der Waals surface area contributed by atoms with Gasteiger partial charge in [-0.1, -0.05) is 0 Å².